The molecule has 0 spiro atoms. The number of rotatable bonds is 8. The molecule has 0 saturated heterocycles. The minimum atomic E-state index is -0.465. The lowest BCUT2D eigenvalue weighted by molar-refractivity contribution is -0.138. The summed E-state index contributed by atoms with van der Waals surface area (Å²) in [6.07, 6.45) is 5.86. The summed E-state index contributed by atoms with van der Waals surface area (Å²) in [5.41, 5.74) is 0.155. The standard InChI is InChI=1S/C14H19NO4/c1-5-14(18)19-10-9-15(4)8-6-7-13(11(2)16)12(3)17/h5-8H,1,9-10H2,2-4H3. The summed E-state index contributed by atoms with van der Waals surface area (Å²) >= 11 is 0. The maximum atomic E-state index is 11.1. The quantitative estimate of drug-likeness (QED) is 0.217. The Labute approximate surface area is 113 Å². The SMILES string of the molecule is C=CC(=O)OCCN(C)C=CC=C(C(C)=O)C(C)=O. The summed E-state index contributed by atoms with van der Waals surface area (Å²) in [7, 11) is 1.79. The molecule has 0 unspecified atom stereocenters. The van der Waals surface area contributed by atoms with Gasteiger partial charge >= 0.3 is 5.97 Å². The molecule has 0 saturated carbocycles. The topological polar surface area (TPSA) is 63.7 Å². The molecule has 0 radical (unpaired) electrons. The molecule has 5 heteroatoms. The van der Waals surface area contributed by atoms with E-state index in [9.17, 15) is 14.4 Å². The van der Waals surface area contributed by atoms with Gasteiger partial charge in [0.05, 0.1) is 12.1 Å². The number of esters is 1. The molecule has 0 aliphatic rings. The van der Waals surface area contributed by atoms with E-state index in [0.717, 1.165) is 6.08 Å². The van der Waals surface area contributed by atoms with Crippen molar-refractivity contribution in [2.75, 3.05) is 20.2 Å². The minimum Gasteiger partial charge on any atom is -0.461 e. The van der Waals surface area contributed by atoms with Crippen LogP contribution in [-0.2, 0) is 19.1 Å². The van der Waals surface area contributed by atoms with Crippen molar-refractivity contribution in [2.45, 2.75) is 13.8 Å². The predicted octanol–water partition coefficient (Wildman–Crippen LogP) is 1.27. The normalized spacial score (nSPS) is 9.84. The second-order valence-corrected chi connectivity index (χ2v) is 3.89. The Balaban J connectivity index is 4.28. The number of Topliss-reactive ketones (excluding diaryl/α,β-unsaturated/α-hetero) is 2. The van der Waals surface area contributed by atoms with Gasteiger partial charge in [0, 0.05) is 13.1 Å². The summed E-state index contributed by atoms with van der Waals surface area (Å²) in [4.78, 5) is 34.8. The number of allylic oxidation sites excluding steroid dienone is 3. The number of ether oxygens (including phenoxy) is 1. The number of hydrogen-bond acceptors (Lipinski definition) is 5. The molecule has 0 N–H and O–H groups in total. The molecule has 0 aromatic heterocycles. The Hall–Kier alpha value is -2.17. The van der Waals surface area contributed by atoms with Crippen molar-refractivity contribution in [1.29, 1.82) is 0 Å². The van der Waals surface area contributed by atoms with E-state index in [4.69, 9.17) is 4.74 Å². The highest BCUT2D eigenvalue weighted by molar-refractivity contribution is 6.18. The van der Waals surface area contributed by atoms with Crippen LogP contribution in [0.4, 0.5) is 0 Å². The van der Waals surface area contributed by atoms with Crippen LogP contribution in [0.5, 0.6) is 0 Å². The lowest BCUT2D eigenvalue weighted by Crippen LogP contribution is -2.18. The monoisotopic (exact) mass is 265 g/mol. The first kappa shape index (κ1) is 16.8. The van der Waals surface area contributed by atoms with E-state index >= 15 is 0 Å². The van der Waals surface area contributed by atoms with Crippen LogP contribution < -0.4 is 0 Å². The molecule has 0 aliphatic carbocycles. The van der Waals surface area contributed by atoms with Gasteiger partial charge in [-0.15, -0.1) is 0 Å². The molecule has 5 nitrogen and oxygen atoms in total. The number of carbonyl (C=O) groups excluding carboxylic acids is 3. The third-order valence-corrected chi connectivity index (χ3v) is 2.22. The molecular weight excluding hydrogens is 246 g/mol. The van der Waals surface area contributed by atoms with Crippen LogP contribution in [0.15, 0.2) is 36.6 Å². The van der Waals surface area contributed by atoms with Crippen molar-refractivity contribution in [3.63, 3.8) is 0 Å². The molecular formula is C14H19NO4. The van der Waals surface area contributed by atoms with Crippen molar-refractivity contribution in [3.8, 4) is 0 Å². The van der Waals surface area contributed by atoms with Gasteiger partial charge in [-0.05, 0) is 32.2 Å². The molecule has 19 heavy (non-hydrogen) atoms. The van der Waals surface area contributed by atoms with Crippen molar-refractivity contribution in [3.05, 3.63) is 36.6 Å². The summed E-state index contributed by atoms with van der Waals surface area (Å²) in [5.74, 6) is -0.993. The van der Waals surface area contributed by atoms with Gasteiger partial charge in [0.25, 0.3) is 0 Å². The fourth-order valence-electron chi connectivity index (χ4n) is 1.19. The lowest BCUT2D eigenvalue weighted by Gasteiger charge is -2.12. The molecule has 0 aromatic carbocycles. The van der Waals surface area contributed by atoms with Crippen LogP contribution in [-0.4, -0.2) is 42.6 Å². The summed E-state index contributed by atoms with van der Waals surface area (Å²) < 4.78 is 4.81. The van der Waals surface area contributed by atoms with E-state index in [1.807, 2.05) is 0 Å². The average molecular weight is 265 g/mol. The number of carbonyl (C=O) groups is 3. The van der Waals surface area contributed by atoms with Gasteiger partial charge in [0.1, 0.15) is 6.61 Å². The average Bonchev–Trinajstić information content (AvgIpc) is 2.33. The van der Waals surface area contributed by atoms with Crippen LogP contribution in [0.3, 0.4) is 0 Å². The lowest BCUT2D eigenvalue weighted by atomic mass is 10.1. The second-order valence-electron chi connectivity index (χ2n) is 3.89. The van der Waals surface area contributed by atoms with Crippen LogP contribution in [0, 0.1) is 0 Å². The Kier molecular flexibility index (Phi) is 7.84. The van der Waals surface area contributed by atoms with Crippen molar-refractivity contribution in [1.82, 2.24) is 4.90 Å². The van der Waals surface area contributed by atoms with Gasteiger partial charge < -0.3 is 9.64 Å². The third kappa shape index (κ3) is 7.70. The van der Waals surface area contributed by atoms with Crippen LogP contribution in [0.1, 0.15) is 13.8 Å². The summed E-state index contributed by atoms with van der Waals surface area (Å²) in [6.45, 7) is 6.72. The number of hydrogen-bond donors (Lipinski definition) is 0. The molecule has 104 valence electrons. The molecule has 0 aromatic rings. The number of ketones is 2. The van der Waals surface area contributed by atoms with Gasteiger partial charge in [-0.3, -0.25) is 9.59 Å². The molecule has 0 rings (SSSR count). The molecule has 0 fully saturated rings. The molecule has 0 bridgehead atoms. The largest absolute Gasteiger partial charge is 0.461 e. The Morgan fingerprint density at radius 3 is 2.26 bits per heavy atom. The highest BCUT2D eigenvalue weighted by atomic mass is 16.5. The summed E-state index contributed by atoms with van der Waals surface area (Å²) in [6, 6.07) is 0. The first-order valence-electron chi connectivity index (χ1n) is 5.78. The van der Waals surface area contributed by atoms with Crippen LogP contribution in [0.2, 0.25) is 0 Å². The third-order valence-electron chi connectivity index (χ3n) is 2.22. The highest BCUT2D eigenvalue weighted by Crippen LogP contribution is 1.99. The van der Waals surface area contributed by atoms with Gasteiger partial charge in [0.15, 0.2) is 11.6 Å². The zero-order valence-electron chi connectivity index (χ0n) is 11.5. The van der Waals surface area contributed by atoms with E-state index in [2.05, 4.69) is 6.58 Å². The fraction of sp³-hybridized carbons (Fsp3) is 0.357. The maximum absolute atomic E-state index is 11.1. The Bertz CT molecular complexity index is 405. The predicted molar refractivity (Wildman–Crippen MR) is 72.4 cm³/mol. The molecule has 0 atom stereocenters. The maximum Gasteiger partial charge on any atom is 0.330 e. The van der Waals surface area contributed by atoms with Gasteiger partial charge in [0.2, 0.25) is 0 Å². The van der Waals surface area contributed by atoms with E-state index in [1.54, 1.807) is 24.2 Å². The second kappa shape index (κ2) is 8.85. The van der Waals surface area contributed by atoms with Crippen molar-refractivity contribution < 1.29 is 19.1 Å². The van der Waals surface area contributed by atoms with Gasteiger partial charge in [-0.2, -0.15) is 0 Å². The van der Waals surface area contributed by atoms with Gasteiger partial charge in [-0.1, -0.05) is 6.58 Å². The summed E-state index contributed by atoms with van der Waals surface area (Å²) in [5, 5.41) is 0. The first-order chi connectivity index (χ1) is 8.88. The number of likely N-dealkylation sites (N-methyl/N-ethyl adjacent to an activating group) is 1. The zero-order chi connectivity index (χ0) is 14.8. The van der Waals surface area contributed by atoms with Crippen LogP contribution in [0.25, 0.3) is 0 Å². The first-order valence-corrected chi connectivity index (χ1v) is 5.78. The van der Waals surface area contributed by atoms with Crippen molar-refractivity contribution in [2.24, 2.45) is 0 Å². The molecule has 0 amide bonds. The number of nitrogens with zero attached hydrogens (tertiary/aromatic N) is 1. The smallest absolute Gasteiger partial charge is 0.330 e. The minimum absolute atomic E-state index is 0.155. The van der Waals surface area contributed by atoms with Gasteiger partial charge in [-0.25, -0.2) is 4.79 Å². The molecule has 0 aliphatic heterocycles. The molecule has 0 heterocycles. The zero-order valence-corrected chi connectivity index (χ0v) is 11.5. The van der Waals surface area contributed by atoms with E-state index in [0.29, 0.717) is 6.54 Å². The Morgan fingerprint density at radius 2 is 1.79 bits per heavy atom. The van der Waals surface area contributed by atoms with E-state index in [1.165, 1.54) is 19.9 Å². The van der Waals surface area contributed by atoms with E-state index < -0.39 is 5.97 Å². The van der Waals surface area contributed by atoms with Crippen molar-refractivity contribution >= 4 is 17.5 Å². The van der Waals surface area contributed by atoms with E-state index in [-0.39, 0.29) is 23.7 Å². The van der Waals surface area contributed by atoms with Crippen LogP contribution >= 0.6 is 0 Å². The Morgan fingerprint density at radius 1 is 1.21 bits per heavy atom. The fourth-order valence-corrected chi connectivity index (χ4v) is 1.19. The highest BCUT2D eigenvalue weighted by Gasteiger charge is 2.07.